The first-order chi connectivity index (χ1) is 8.74. The molecule has 0 aliphatic carbocycles. The average Bonchev–Trinajstić information content (AvgIpc) is 2.81. The van der Waals surface area contributed by atoms with E-state index in [0.717, 1.165) is 25.9 Å². The number of nitrogens with zero attached hydrogens (tertiary/aromatic N) is 2. The summed E-state index contributed by atoms with van der Waals surface area (Å²) in [7, 11) is 0. The van der Waals surface area contributed by atoms with E-state index in [4.69, 9.17) is 14.7 Å². The summed E-state index contributed by atoms with van der Waals surface area (Å²) in [4.78, 5) is 13.7. The number of hydrogen-bond donors (Lipinski definition) is 1. The van der Waals surface area contributed by atoms with Crippen LogP contribution in [0.4, 0.5) is 0 Å². The lowest BCUT2D eigenvalue weighted by Crippen LogP contribution is -2.48. The van der Waals surface area contributed by atoms with Gasteiger partial charge in [0, 0.05) is 32.5 Å². The van der Waals surface area contributed by atoms with Gasteiger partial charge in [0.05, 0.1) is 32.2 Å². The average molecular weight is 253 g/mol. The highest BCUT2D eigenvalue weighted by molar-refractivity contribution is 5.78. The van der Waals surface area contributed by atoms with E-state index >= 15 is 0 Å². The molecule has 2 heterocycles. The number of piperidine rings is 1. The number of nitrogens with one attached hydrogen (secondary N) is 1. The molecule has 6 nitrogen and oxygen atoms in total. The number of hydrogen-bond acceptors (Lipinski definition) is 5. The first kappa shape index (κ1) is 13.3. The minimum Gasteiger partial charge on any atom is -0.354 e. The van der Waals surface area contributed by atoms with E-state index in [-0.39, 0.29) is 11.7 Å². The van der Waals surface area contributed by atoms with Gasteiger partial charge in [0.2, 0.25) is 5.91 Å². The molecule has 0 aromatic carbocycles. The maximum Gasteiger partial charge on any atom is 0.234 e. The van der Waals surface area contributed by atoms with Crippen molar-refractivity contribution < 1.29 is 14.3 Å². The summed E-state index contributed by atoms with van der Waals surface area (Å²) in [6.07, 6.45) is 1.99. The standard InChI is InChI=1S/C12H19N3O3/c13-4-1-5-14-11(16)10-15-6-2-12(3-7-15)17-8-9-18-12/h1-3,5-10H2,(H,14,16). The molecule has 0 radical (unpaired) electrons. The third kappa shape index (κ3) is 3.42. The van der Waals surface area contributed by atoms with Crippen LogP contribution in [0.3, 0.4) is 0 Å². The molecule has 6 heteroatoms. The van der Waals surface area contributed by atoms with Crippen molar-refractivity contribution >= 4 is 5.91 Å². The zero-order valence-corrected chi connectivity index (χ0v) is 10.5. The number of rotatable bonds is 4. The Morgan fingerprint density at radius 3 is 2.61 bits per heavy atom. The van der Waals surface area contributed by atoms with Gasteiger partial charge in [0.1, 0.15) is 0 Å². The molecule has 2 fully saturated rings. The molecule has 0 saturated carbocycles. The summed E-state index contributed by atoms with van der Waals surface area (Å²) in [5.74, 6) is -0.400. The van der Waals surface area contributed by atoms with Gasteiger partial charge in [-0.1, -0.05) is 0 Å². The van der Waals surface area contributed by atoms with E-state index in [1.807, 2.05) is 6.07 Å². The molecule has 0 bridgehead atoms. The van der Waals surface area contributed by atoms with Crippen LogP contribution in [0.2, 0.25) is 0 Å². The number of nitriles is 1. The zero-order valence-electron chi connectivity index (χ0n) is 10.5. The smallest absolute Gasteiger partial charge is 0.234 e. The molecular weight excluding hydrogens is 234 g/mol. The Kier molecular flexibility index (Phi) is 4.53. The normalized spacial score (nSPS) is 22.8. The van der Waals surface area contributed by atoms with Gasteiger partial charge in [-0.05, 0) is 0 Å². The van der Waals surface area contributed by atoms with Crippen LogP contribution in [-0.4, -0.2) is 56.0 Å². The van der Waals surface area contributed by atoms with Crippen molar-refractivity contribution in [3.05, 3.63) is 0 Å². The van der Waals surface area contributed by atoms with Gasteiger partial charge in [-0.3, -0.25) is 9.69 Å². The maximum absolute atomic E-state index is 11.6. The molecule has 1 amide bonds. The van der Waals surface area contributed by atoms with Crippen molar-refractivity contribution in [3.63, 3.8) is 0 Å². The first-order valence-corrected chi connectivity index (χ1v) is 6.38. The lowest BCUT2D eigenvalue weighted by molar-refractivity contribution is -0.185. The third-order valence-corrected chi connectivity index (χ3v) is 3.36. The molecule has 2 aliphatic heterocycles. The highest BCUT2D eigenvalue weighted by Gasteiger charge is 2.39. The van der Waals surface area contributed by atoms with E-state index in [1.54, 1.807) is 0 Å². The van der Waals surface area contributed by atoms with Crippen molar-refractivity contribution in [1.29, 1.82) is 5.26 Å². The van der Waals surface area contributed by atoms with E-state index < -0.39 is 0 Å². The Labute approximate surface area is 107 Å². The van der Waals surface area contributed by atoms with Crippen molar-refractivity contribution in [1.82, 2.24) is 10.2 Å². The van der Waals surface area contributed by atoms with Crippen LogP contribution in [0.15, 0.2) is 0 Å². The third-order valence-electron chi connectivity index (χ3n) is 3.36. The number of likely N-dealkylation sites (tertiary alicyclic amines) is 1. The minimum atomic E-state index is -0.381. The second-order valence-corrected chi connectivity index (χ2v) is 4.64. The fourth-order valence-corrected chi connectivity index (χ4v) is 2.35. The molecule has 2 rings (SSSR count). The molecule has 2 aliphatic rings. The molecular formula is C12H19N3O3. The predicted molar refractivity (Wildman–Crippen MR) is 63.5 cm³/mol. The fourth-order valence-electron chi connectivity index (χ4n) is 2.35. The number of carbonyl (C=O) groups excluding carboxylic acids is 1. The van der Waals surface area contributed by atoms with Gasteiger partial charge in [-0.15, -0.1) is 0 Å². The molecule has 0 aromatic rings. The second-order valence-electron chi connectivity index (χ2n) is 4.64. The van der Waals surface area contributed by atoms with Crippen LogP contribution >= 0.6 is 0 Å². The van der Waals surface area contributed by atoms with Gasteiger partial charge < -0.3 is 14.8 Å². The lowest BCUT2D eigenvalue weighted by atomic mass is 10.0. The molecule has 0 atom stereocenters. The van der Waals surface area contributed by atoms with Crippen molar-refractivity contribution in [2.45, 2.75) is 25.0 Å². The molecule has 2 saturated heterocycles. The number of carbonyl (C=O) groups is 1. The van der Waals surface area contributed by atoms with Crippen molar-refractivity contribution in [3.8, 4) is 6.07 Å². The minimum absolute atomic E-state index is 0.0190. The fraction of sp³-hybridized carbons (Fsp3) is 0.833. The topological polar surface area (TPSA) is 74.6 Å². The molecule has 18 heavy (non-hydrogen) atoms. The van der Waals surface area contributed by atoms with E-state index in [2.05, 4.69) is 10.2 Å². The highest BCUT2D eigenvalue weighted by atomic mass is 16.7. The van der Waals surface area contributed by atoms with Gasteiger partial charge in [-0.25, -0.2) is 0 Å². The van der Waals surface area contributed by atoms with E-state index in [9.17, 15) is 4.79 Å². The predicted octanol–water partition coefficient (Wildman–Crippen LogP) is -0.145. The van der Waals surface area contributed by atoms with E-state index in [0.29, 0.717) is 32.7 Å². The van der Waals surface area contributed by atoms with Gasteiger partial charge in [-0.2, -0.15) is 5.26 Å². The van der Waals surface area contributed by atoms with Gasteiger partial charge in [0.25, 0.3) is 0 Å². The van der Waals surface area contributed by atoms with Gasteiger partial charge >= 0.3 is 0 Å². The zero-order chi connectivity index (χ0) is 12.8. The quantitative estimate of drug-likeness (QED) is 0.706. The summed E-state index contributed by atoms with van der Waals surface area (Å²) in [6, 6.07) is 2.00. The first-order valence-electron chi connectivity index (χ1n) is 6.38. The SMILES string of the molecule is N#CCCNC(=O)CN1CCC2(CC1)OCCO2. The molecule has 1 spiro atoms. The number of amides is 1. The van der Waals surface area contributed by atoms with Crippen LogP contribution < -0.4 is 5.32 Å². The van der Waals surface area contributed by atoms with Crippen LogP contribution in [0.5, 0.6) is 0 Å². The Balaban J connectivity index is 1.67. The van der Waals surface area contributed by atoms with Crippen LogP contribution in [0.1, 0.15) is 19.3 Å². The summed E-state index contributed by atoms with van der Waals surface area (Å²) in [5, 5.41) is 11.1. The Bertz CT molecular complexity index is 324. The van der Waals surface area contributed by atoms with Crippen LogP contribution in [0, 0.1) is 11.3 Å². The van der Waals surface area contributed by atoms with Gasteiger partial charge in [0.15, 0.2) is 5.79 Å². The van der Waals surface area contributed by atoms with E-state index in [1.165, 1.54) is 0 Å². The van der Waals surface area contributed by atoms with Crippen molar-refractivity contribution in [2.24, 2.45) is 0 Å². The Morgan fingerprint density at radius 2 is 2.00 bits per heavy atom. The number of ether oxygens (including phenoxy) is 2. The molecule has 100 valence electrons. The van der Waals surface area contributed by atoms with Crippen LogP contribution in [0.25, 0.3) is 0 Å². The van der Waals surface area contributed by atoms with Crippen molar-refractivity contribution in [2.75, 3.05) is 39.4 Å². The summed E-state index contributed by atoms with van der Waals surface area (Å²) < 4.78 is 11.3. The highest BCUT2D eigenvalue weighted by Crippen LogP contribution is 2.30. The molecule has 0 unspecified atom stereocenters. The summed E-state index contributed by atoms with van der Waals surface area (Å²) in [6.45, 7) is 3.79. The second kappa shape index (κ2) is 6.14. The largest absolute Gasteiger partial charge is 0.354 e. The lowest BCUT2D eigenvalue weighted by Gasteiger charge is -2.37. The summed E-state index contributed by atoms with van der Waals surface area (Å²) in [5.41, 5.74) is 0. The van der Waals surface area contributed by atoms with Crippen LogP contribution in [-0.2, 0) is 14.3 Å². The maximum atomic E-state index is 11.6. The summed E-state index contributed by atoms with van der Waals surface area (Å²) >= 11 is 0. The Hall–Kier alpha value is -1.16. The molecule has 0 aromatic heterocycles. The molecule has 1 N–H and O–H groups in total. The monoisotopic (exact) mass is 253 g/mol. The Morgan fingerprint density at radius 1 is 1.33 bits per heavy atom.